The summed E-state index contributed by atoms with van der Waals surface area (Å²) < 4.78 is 32.0. The molecule has 0 bridgehead atoms. The summed E-state index contributed by atoms with van der Waals surface area (Å²) >= 11 is 0. The van der Waals surface area contributed by atoms with E-state index in [0.717, 1.165) is 9.87 Å². The van der Waals surface area contributed by atoms with Gasteiger partial charge in [-0.25, -0.2) is 12.7 Å². The van der Waals surface area contributed by atoms with Gasteiger partial charge < -0.3 is 9.84 Å². The number of aromatic nitrogens is 1. The Kier molecular flexibility index (Phi) is 5.13. The molecule has 1 N–H and O–H groups in total. The van der Waals surface area contributed by atoms with E-state index >= 15 is 0 Å². The second-order valence-corrected chi connectivity index (χ2v) is 8.91. The molecule has 9 heteroatoms. The highest BCUT2D eigenvalue weighted by molar-refractivity contribution is 7.89. The maximum absolute atomic E-state index is 13.1. The number of amides is 2. The molecule has 2 aromatic carbocycles. The molecule has 4 rings (SSSR count). The predicted octanol–water partition coefficient (Wildman–Crippen LogP) is 2.94. The van der Waals surface area contributed by atoms with Crippen LogP contribution in [0.2, 0.25) is 0 Å². The van der Waals surface area contributed by atoms with E-state index in [9.17, 15) is 18.0 Å². The Morgan fingerprint density at radius 2 is 1.90 bits per heavy atom. The summed E-state index contributed by atoms with van der Waals surface area (Å²) in [6.45, 7) is 1.76. The summed E-state index contributed by atoms with van der Waals surface area (Å²) in [7, 11) is -4.08. The number of carbonyl (C=O) groups is 2. The van der Waals surface area contributed by atoms with Crippen LogP contribution in [0.5, 0.6) is 0 Å². The van der Waals surface area contributed by atoms with E-state index in [1.165, 1.54) is 24.3 Å². The van der Waals surface area contributed by atoms with Gasteiger partial charge in [0.1, 0.15) is 5.76 Å². The Morgan fingerprint density at radius 3 is 2.60 bits per heavy atom. The average Bonchev–Trinajstić information content (AvgIpc) is 3.34. The molecule has 1 fully saturated rings. The van der Waals surface area contributed by atoms with Gasteiger partial charge in [-0.1, -0.05) is 41.6 Å². The summed E-state index contributed by atoms with van der Waals surface area (Å²) in [6, 6.07) is 16.5. The summed E-state index contributed by atoms with van der Waals surface area (Å²) in [5, 5.41) is 6.23. The van der Waals surface area contributed by atoms with E-state index < -0.39 is 21.8 Å². The molecule has 3 aromatic rings. The molecular weight excluding hydrogens is 406 g/mol. The van der Waals surface area contributed by atoms with E-state index in [2.05, 4.69) is 10.5 Å². The molecule has 30 heavy (non-hydrogen) atoms. The predicted molar refractivity (Wildman–Crippen MR) is 108 cm³/mol. The Morgan fingerprint density at radius 1 is 1.13 bits per heavy atom. The highest BCUT2D eigenvalue weighted by Crippen LogP contribution is 2.32. The monoisotopic (exact) mass is 425 g/mol. The average molecular weight is 425 g/mol. The van der Waals surface area contributed by atoms with E-state index in [1.807, 2.05) is 30.3 Å². The highest BCUT2D eigenvalue weighted by Gasteiger charge is 2.39. The van der Waals surface area contributed by atoms with Gasteiger partial charge in [-0.3, -0.25) is 9.59 Å². The van der Waals surface area contributed by atoms with Crippen LogP contribution < -0.4 is 5.32 Å². The smallest absolute Gasteiger partial charge is 0.266 e. The summed E-state index contributed by atoms with van der Waals surface area (Å²) in [6.07, 6.45) is 0.120. The van der Waals surface area contributed by atoms with Crippen LogP contribution in [0.3, 0.4) is 0 Å². The van der Waals surface area contributed by atoms with Crippen molar-refractivity contribution < 1.29 is 22.5 Å². The lowest BCUT2D eigenvalue weighted by Crippen LogP contribution is -2.32. The molecule has 154 valence electrons. The maximum atomic E-state index is 13.1. The van der Waals surface area contributed by atoms with Crippen molar-refractivity contribution in [2.24, 2.45) is 0 Å². The topological polar surface area (TPSA) is 110 Å². The first-order valence-electron chi connectivity index (χ1n) is 9.30. The minimum absolute atomic E-state index is 0.0693. The Bertz CT molecular complexity index is 1200. The summed E-state index contributed by atoms with van der Waals surface area (Å²) in [4.78, 5) is 24.8. The second kappa shape index (κ2) is 7.75. The van der Waals surface area contributed by atoms with Crippen LogP contribution in [0.15, 0.2) is 70.1 Å². The molecule has 0 saturated carbocycles. The number of carbonyl (C=O) groups excluding carboxylic acids is 2. The molecule has 0 unspecified atom stereocenters. The zero-order chi connectivity index (χ0) is 21.3. The van der Waals surface area contributed by atoms with Crippen LogP contribution in [-0.4, -0.2) is 36.2 Å². The van der Waals surface area contributed by atoms with Crippen LogP contribution in [-0.2, 0) is 14.8 Å². The number of hydrogen-bond acceptors (Lipinski definition) is 6. The second-order valence-electron chi connectivity index (χ2n) is 7.05. The zero-order valence-electron chi connectivity index (χ0n) is 16.1. The maximum Gasteiger partial charge on any atom is 0.266 e. The third kappa shape index (κ3) is 3.84. The first-order valence-corrected chi connectivity index (χ1v) is 10.7. The molecule has 1 atom stereocenters. The molecule has 0 spiro atoms. The molecule has 2 amide bonds. The fourth-order valence-electron chi connectivity index (χ4n) is 3.40. The fraction of sp³-hybridized carbons (Fsp3) is 0.190. The van der Waals surface area contributed by atoms with Crippen molar-refractivity contribution in [3.8, 4) is 0 Å². The Hall–Kier alpha value is -3.46. The first-order chi connectivity index (χ1) is 14.3. The number of benzene rings is 2. The molecule has 1 aliphatic heterocycles. The van der Waals surface area contributed by atoms with Crippen molar-refractivity contribution in [3.63, 3.8) is 0 Å². The van der Waals surface area contributed by atoms with Gasteiger partial charge in [0.15, 0.2) is 5.82 Å². The lowest BCUT2D eigenvalue weighted by atomic mass is 9.99. The van der Waals surface area contributed by atoms with Crippen molar-refractivity contribution in [3.05, 3.63) is 77.6 Å². The van der Waals surface area contributed by atoms with Gasteiger partial charge in [-0.15, -0.1) is 0 Å². The zero-order valence-corrected chi connectivity index (χ0v) is 16.9. The minimum atomic E-state index is -4.08. The molecule has 2 heterocycles. The van der Waals surface area contributed by atoms with Crippen LogP contribution in [0.1, 0.15) is 34.0 Å². The SMILES string of the molecule is Cc1cc(NC(=O)c2cccc(S(=O)(=O)N3C[C@@H](c4ccccc4)CC3=O)c2)no1. The number of hydrogen-bond donors (Lipinski definition) is 1. The summed E-state index contributed by atoms with van der Waals surface area (Å²) in [5.41, 5.74) is 1.04. The standard InChI is InChI=1S/C21H19N3O5S/c1-14-10-19(23-29-14)22-21(26)16-8-5-9-18(11-16)30(27,28)24-13-17(12-20(24)25)15-6-3-2-4-7-15/h2-11,17H,12-13H2,1H3,(H,22,23,26)/t17-/m0/s1. The molecule has 8 nitrogen and oxygen atoms in total. The van der Waals surface area contributed by atoms with E-state index in [0.29, 0.717) is 5.76 Å². The lowest BCUT2D eigenvalue weighted by molar-refractivity contribution is -0.123. The van der Waals surface area contributed by atoms with Gasteiger partial charge in [0.05, 0.1) is 4.90 Å². The molecule has 0 aliphatic carbocycles. The molecule has 1 aliphatic rings. The van der Waals surface area contributed by atoms with Gasteiger partial charge in [-0.2, -0.15) is 0 Å². The van der Waals surface area contributed by atoms with Crippen LogP contribution in [0.4, 0.5) is 5.82 Å². The first kappa shape index (κ1) is 19.8. The van der Waals surface area contributed by atoms with Crippen molar-refractivity contribution in [2.45, 2.75) is 24.2 Å². The number of aryl methyl sites for hydroxylation is 1. The Labute approximate surface area is 173 Å². The van der Waals surface area contributed by atoms with Gasteiger partial charge >= 0.3 is 0 Å². The Balaban J connectivity index is 1.56. The molecule has 1 saturated heterocycles. The van der Waals surface area contributed by atoms with Gasteiger partial charge in [0.25, 0.3) is 15.9 Å². The normalized spacial score (nSPS) is 16.6. The van der Waals surface area contributed by atoms with Gasteiger partial charge in [-0.05, 0) is 30.7 Å². The molecule has 1 aromatic heterocycles. The van der Waals surface area contributed by atoms with Crippen molar-refractivity contribution in [1.82, 2.24) is 9.46 Å². The molecule has 0 radical (unpaired) electrons. The largest absolute Gasteiger partial charge is 0.360 e. The van der Waals surface area contributed by atoms with Crippen LogP contribution in [0.25, 0.3) is 0 Å². The van der Waals surface area contributed by atoms with Crippen molar-refractivity contribution >= 4 is 27.7 Å². The summed E-state index contributed by atoms with van der Waals surface area (Å²) in [5.74, 6) is -0.435. The lowest BCUT2D eigenvalue weighted by Gasteiger charge is -2.17. The number of sulfonamides is 1. The molecular formula is C21H19N3O5S. The third-order valence-corrected chi connectivity index (χ3v) is 6.69. The third-order valence-electron chi connectivity index (χ3n) is 4.91. The highest BCUT2D eigenvalue weighted by atomic mass is 32.2. The number of anilines is 1. The van der Waals surface area contributed by atoms with Crippen molar-refractivity contribution in [1.29, 1.82) is 0 Å². The van der Waals surface area contributed by atoms with Gasteiger partial charge in [0.2, 0.25) is 5.91 Å². The quantitative estimate of drug-likeness (QED) is 0.673. The minimum Gasteiger partial charge on any atom is -0.360 e. The van der Waals surface area contributed by atoms with Crippen LogP contribution >= 0.6 is 0 Å². The van der Waals surface area contributed by atoms with E-state index in [4.69, 9.17) is 4.52 Å². The number of nitrogens with one attached hydrogen (secondary N) is 1. The van der Waals surface area contributed by atoms with E-state index in [1.54, 1.807) is 13.0 Å². The van der Waals surface area contributed by atoms with Crippen molar-refractivity contribution in [2.75, 3.05) is 11.9 Å². The number of rotatable bonds is 5. The van der Waals surface area contributed by atoms with Gasteiger partial charge in [0, 0.05) is 30.5 Å². The number of nitrogens with zero attached hydrogens (tertiary/aromatic N) is 2. The van der Waals surface area contributed by atoms with E-state index in [-0.39, 0.29) is 35.2 Å². The fourth-order valence-corrected chi connectivity index (χ4v) is 4.90. The van der Waals surface area contributed by atoms with Crippen LogP contribution in [0, 0.1) is 6.92 Å².